The molecule has 1 aliphatic carbocycles. The van der Waals surface area contributed by atoms with Crippen molar-refractivity contribution in [2.45, 2.75) is 31.3 Å². The summed E-state index contributed by atoms with van der Waals surface area (Å²) in [4.78, 5) is 23.2. The quantitative estimate of drug-likeness (QED) is 0.590. The molecule has 0 saturated heterocycles. The maximum absolute atomic E-state index is 12.7. The third-order valence-electron chi connectivity index (χ3n) is 5.20. The van der Waals surface area contributed by atoms with E-state index in [9.17, 15) is 14.9 Å². The van der Waals surface area contributed by atoms with Crippen LogP contribution in [-0.4, -0.2) is 17.8 Å². The Morgan fingerprint density at radius 3 is 2.33 bits per heavy atom. The van der Waals surface area contributed by atoms with Crippen molar-refractivity contribution in [1.82, 2.24) is 0 Å². The lowest BCUT2D eigenvalue weighted by atomic mass is 9.80. The van der Waals surface area contributed by atoms with Gasteiger partial charge in [-0.25, -0.2) is 0 Å². The van der Waals surface area contributed by atoms with Crippen molar-refractivity contribution < 1.29 is 19.2 Å². The molecule has 1 heterocycles. The number of carbonyl (C=O) groups excluding carboxylic acids is 1. The molecule has 2 aliphatic rings. The van der Waals surface area contributed by atoms with E-state index in [1.807, 2.05) is 24.3 Å². The molecule has 4 rings (SSSR count). The largest absolute Gasteiger partial charge is 0.497 e. The number of allylic oxidation sites excluding steroid dienone is 1. The maximum Gasteiger partial charge on any atom is 0.269 e. The molecule has 6 heteroatoms. The van der Waals surface area contributed by atoms with Crippen molar-refractivity contribution in [2.75, 3.05) is 7.11 Å². The van der Waals surface area contributed by atoms with Gasteiger partial charge in [-0.1, -0.05) is 12.1 Å². The molecule has 0 fully saturated rings. The zero-order chi connectivity index (χ0) is 19.0. The van der Waals surface area contributed by atoms with E-state index < -0.39 is 4.92 Å². The Bertz CT molecular complexity index is 915. The van der Waals surface area contributed by atoms with E-state index in [0.717, 1.165) is 41.1 Å². The van der Waals surface area contributed by atoms with E-state index in [0.29, 0.717) is 6.42 Å². The summed E-state index contributed by atoms with van der Waals surface area (Å²) in [6.07, 6.45) is 1.70. The first kappa shape index (κ1) is 17.3. The summed E-state index contributed by atoms with van der Waals surface area (Å²) < 4.78 is 11.4. The number of methoxy groups -OCH3 is 1. The fraction of sp³-hybridized carbons (Fsp3) is 0.286. The van der Waals surface area contributed by atoms with Gasteiger partial charge in [-0.15, -0.1) is 0 Å². The number of ether oxygens (including phenoxy) is 2. The number of nitro groups is 1. The van der Waals surface area contributed by atoms with E-state index in [1.54, 1.807) is 19.2 Å². The summed E-state index contributed by atoms with van der Waals surface area (Å²) in [6.45, 7) is 0. The van der Waals surface area contributed by atoms with E-state index in [4.69, 9.17) is 9.47 Å². The molecule has 0 unspecified atom stereocenters. The molecule has 2 atom stereocenters. The molecular weight excluding hydrogens is 346 g/mol. The van der Waals surface area contributed by atoms with E-state index in [-0.39, 0.29) is 23.5 Å². The first-order valence-corrected chi connectivity index (χ1v) is 8.89. The number of nitro benzene ring substituents is 1. The first-order chi connectivity index (χ1) is 13.1. The van der Waals surface area contributed by atoms with Crippen LogP contribution in [0.4, 0.5) is 5.69 Å². The Labute approximate surface area is 156 Å². The summed E-state index contributed by atoms with van der Waals surface area (Å²) in [5, 5.41) is 10.9. The lowest BCUT2D eigenvalue weighted by Gasteiger charge is -2.22. The van der Waals surface area contributed by atoms with Crippen LogP contribution in [0, 0.1) is 10.1 Å². The highest BCUT2D eigenvalue weighted by molar-refractivity contribution is 5.98. The Kier molecular flexibility index (Phi) is 4.39. The fourth-order valence-corrected chi connectivity index (χ4v) is 3.88. The van der Waals surface area contributed by atoms with Gasteiger partial charge in [0.15, 0.2) is 5.78 Å². The second kappa shape index (κ2) is 6.87. The summed E-state index contributed by atoms with van der Waals surface area (Å²) in [5.41, 5.74) is 2.57. The molecule has 2 aromatic carbocycles. The molecule has 138 valence electrons. The third kappa shape index (κ3) is 3.07. The summed E-state index contributed by atoms with van der Waals surface area (Å²) in [7, 11) is 1.61. The standard InChI is InChI=1S/C21H19NO5/c1-26-16-11-7-13(8-12-16)19-20-17(23)3-2-4-18(20)27-21(19)14-5-9-15(10-6-14)22(24)25/h5-12,19,21H,2-4H2,1H3/t19-,21+/m0/s1. The van der Waals surface area contributed by atoms with Crippen LogP contribution < -0.4 is 4.74 Å². The number of ketones is 1. The minimum atomic E-state index is -0.424. The molecule has 0 bridgehead atoms. The number of benzene rings is 2. The van der Waals surface area contributed by atoms with E-state index in [2.05, 4.69) is 0 Å². The van der Waals surface area contributed by atoms with Crippen molar-refractivity contribution >= 4 is 11.5 Å². The minimum absolute atomic E-state index is 0.0338. The number of carbonyl (C=O) groups is 1. The van der Waals surface area contributed by atoms with Gasteiger partial charge in [-0.3, -0.25) is 14.9 Å². The van der Waals surface area contributed by atoms with Gasteiger partial charge in [-0.05, 0) is 41.8 Å². The smallest absolute Gasteiger partial charge is 0.269 e. The molecular formula is C21H19NO5. The zero-order valence-electron chi connectivity index (χ0n) is 14.9. The topological polar surface area (TPSA) is 78.7 Å². The molecule has 0 spiro atoms. The molecule has 0 saturated carbocycles. The molecule has 0 radical (unpaired) electrons. The molecule has 0 amide bonds. The van der Waals surface area contributed by atoms with Crippen LogP contribution >= 0.6 is 0 Å². The van der Waals surface area contributed by atoms with Gasteiger partial charge >= 0.3 is 0 Å². The van der Waals surface area contributed by atoms with Crippen molar-refractivity contribution in [3.05, 3.63) is 81.1 Å². The molecule has 2 aromatic rings. The number of rotatable bonds is 4. The Balaban J connectivity index is 1.75. The second-order valence-corrected chi connectivity index (χ2v) is 6.75. The molecule has 0 N–H and O–H groups in total. The van der Waals surface area contributed by atoms with Crippen molar-refractivity contribution in [2.24, 2.45) is 0 Å². The van der Waals surface area contributed by atoms with Crippen LogP contribution in [0.3, 0.4) is 0 Å². The highest BCUT2D eigenvalue weighted by atomic mass is 16.6. The number of hydrogen-bond acceptors (Lipinski definition) is 5. The van der Waals surface area contributed by atoms with Gasteiger partial charge < -0.3 is 9.47 Å². The predicted octanol–water partition coefficient (Wildman–Crippen LogP) is 4.47. The number of nitrogens with zero attached hydrogens (tertiary/aromatic N) is 1. The van der Waals surface area contributed by atoms with Crippen LogP contribution in [0.15, 0.2) is 59.9 Å². The summed E-state index contributed by atoms with van der Waals surface area (Å²) >= 11 is 0. The number of Topliss-reactive ketones (excluding diaryl/α,β-unsaturated/α-hetero) is 1. The number of hydrogen-bond donors (Lipinski definition) is 0. The minimum Gasteiger partial charge on any atom is -0.497 e. The van der Waals surface area contributed by atoms with Crippen molar-refractivity contribution in [3.8, 4) is 5.75 Å². The van der Waals surface area contributed by atoms with E-state index in [1.165, 1.54) is 12.1 Å². The summed E-state index contributed by atoms with van der Waals surface area (Å²) in [5.74, 6) is 1.41. The highest BCUT2D eigenvalue weighted by Gasteiger charge is 2.43. The Morgan fingerprint density at radius 1 is 1.04 bits per heavy atom. The van der Waals surface area contributed by atoms with Gasteiger partial charge in [-0.2, -0.15) is 0 Å². The Morgan fingerprint density at radius 2 is 1.70 bits per heavy atom. The van der Waals surface area contributed by atoms with Crippen LogP contribution in [0.5, 0.6) is 5.75 Å². The van der Waals surface area contributed by atoms with Gasteiger partial charge in [0.05, 0.1) is 18.0 Å². The predicted molar refractivity (Wildman–Crippen MR) is 98.5 cm³/mol. The SMILES string of the molecule is COc1ccc([C@H]2C3=C(CCCC3=O)O[C@@H]2c2ccc([N+](=O)[O-])cc2)cc1. The van der Waals surface area contributed by atoms with Crippen LogP contribution in [0.2, 0.25) is 0 Å². The zero-order valence-corrected chi connectivity index (χ0v) is 14.9. The average Bonchev–Trinajstić information content (AvgIpc) is 3.09. The average molecular weight is 365 g/mol. The Hall–Kier alpha value is -3.15. The van der Waals surface area contributed by atoms with Crippen molar-refractivity contribution in [1.29, 1.82) is 0 Å². The molecule has 1 aliphatic heterocycles. The van der Waals surface area contributed by atoms with Gasteiger partial charge in [0.1, 0.15) is 17.6 Å². The van der Waals surface area contributed by atoms with Gasteiger partial charge in [0, 0.05) is 30.5 Å². The van der Waals surface area contributed by atoms with Gasteiger partial charge in [0.2, 0.25) is 0 Å². The highest BCUT2D eigenvalue weighted by Crippen LogP contribution is 2.51. The molecule has 0 aromatic heterocycles. The number of non-ortho nitro benzene ring substituents is 1. The first-order valence-electron chi connectivity index (χ1n) is 8.89. The van der Waals surface area contributed by atoms with Crippen LogP contribution in [0.25, 0.3) is 0 Å². The van der Waals surface area contributed by atoms with Crippen molar-refractivity contribution in [3.63, 3.8) is 0 Å². The van der Waals surface area contributed by atoms with Gasteiger partial charge in [0.25, 0.3) is 5.69 Å². The monoisotopic (exact) mass is 365 g/mol. The van der Waals surface area contributed by atoms with Crippen LogP contribution in [0.1, 0.15) is 42.4 Å². The third-order valence-corrected chi connectivity index (χ3v) is 5.20. The fourth-order valence-electron chi connectivity index (χ4n) is 3.88. The van der Waals surface area contributed by atoms with Crippen LogP contribution in [-0.2, 0) is 9.53 Å². The molecule has 27 heavy (non-hydrogen) atoms. The second-order valence-electron chi connectivity index (χ2n) is 6.75. The van der Waals surface area contributed by atoms with E-state index >= 15 is 0 Å². The lowest BCUT2D eigenvalue weighted by Crippen LogP contribution is -2.16. The maximum atomic E-state index is 12.7. The lowest BCUT2D eigenvalue weighted by molar-refractivity contribution is -0.384. The molecule has 6 nitrogen and oxygen atoms in total. The summed E-state index contributed by atoms with van der Waals surface area (Å²) in [6, 6.07) is 14.0. The normalized spacial score (nSPS) is 21.6.